The number of carbonyl (C=O) groups is 1. The van der Waals surface area contributed by atoms with Gasteiger partial charge in [0, 0.05) is 6.42 Å². The summed E-state index contributed by atoms with van der Waals surface area (Å²) in [6, 6.07) is 0. The van der Waals surface area contributed by atoms with Crippen LogP contribution in [0.5, 0.6) is 0 Å². The van der Waals surface area contributed by atoms with E-state index in [1.807, 2.05) is 19.9 Å². The van der Waals surface area contributed by atoms with Gasteiger partial charge in [0.25, 0.3) is 0 Å². The van der Waals surface area contributed by atoms with Crippen LogP contribution >= 0.6 is 0 Å². The molecule has 0 saturated heterocycles. The molecule has 78 valence electrons. The van der Waals surface area contributed by atoms with Gasteiger partial charge in [0.1, 0.15) is 0 Å². The molecule has 2 aliphatic carbocycles. The largest absolute Gasteiger partial charge is 0.295 e. The van der Waals surface area contributed by atoms with Gasteiger partial charge in [-0.15, -0.1) is 0 Å². The Morgan fingerprint density at radius 1 is 1.29 bits per heavy atom. The lowest BCUT2D eigenvalue weighted by Gasteiger charge is -2.20. The topological polar surface area (TPSA) is 17.1 Å². The first-order valence-corrected chi connectivity index (χ1v) is 5.83. The Morgan fingerprint density at radius 2 is 2.07 bits per heavy atom. The molecule has 0 heterocycles. The zero-order valence-electron chi connectivity index (χ0n) is 9.25. The van der Waals surface area contributed by atoms with Crippen molar-refractivity contribution in [1.29, 1.82) is 0 Å². The Balaban J connectivity index is 1.87. The van der Waals surface area contributed by atoms with Crippen LogP contribution in [0.15, 0.2) is 11.6 Å². The first-order valence-electron chi connectivity index (χ1n) is 5.83. The molecule has 1 heteroatoms. The Kier molecular flexibility index (Phi) is 2.76. The van der Waals surface area contributed by atoms with Crippen LogP contribution in [0.25, 0.3) is 0 Å². The molecule has 0 spiro atoms. The standard InChI is InChI=1S/C13H20O/c1-9(2)5-13(14)8-12-7-10-3-4-11(12)6-10/h5,10-12H,3-4,6-8H2,1-2H3. The fraction of sp³-hybridized carbons (Fsp3) is 0.769. The van der Waals surface area contributed by atoms with E-state index in [4.69, 9.17) is 0 Å². The second kappa shape index (κ2) is 3.88. The van der Waals surface area contributed by atoms with Crippen LogP contribution in [0.4, 0.5) is 0 Å². The van der Waals surface area contributed by atoms with Crippen molar-refractivity contribution in [2.45, 2.75) is 46.0 Å². The molecular weight excluding hydrogens is 172 g/mol. The normalized spacial score (nSPS) is 34.6. The number of rotatable bonds is 3. The molecule has 0 aromatic heterocycles. The van der Waals surface area contributed by atoms with Crippen LogP contribution in [-0.4, -0.2) is 5.78 Å². The first-order chi connectivity index (χ1) is 6.65. The van der Waals surface area contributed by atoms with Crippen molar-refractivity contribution in [1.82, 2.24) is 0 Å². The van der Waals surface area contributed by atoms with Gasteiger partial charge in [-0.2, -0.15) is 0 Å². The predicted octanol–water partition coefficient (Wildman–Crippen LogP) is 3.35. The van der Waals surface area contributed by atoms with Crippen molar-refractivity contribution in [3.05, 3.63) is 11.6 Å². The van der Waals surface area contributed by atoms with Crippen molar-refractivity contribution in [2.24, 2.45) is 17.8 Å². The highest BCUT2D eigenvalue weighted by molar-refractivity contribution is 5.90. The average molecular weight is 192 g/mol. The van der Waals surface area contributed by atoms with E-state index >= 15 is 0 Å². The van der Waals surface area contributed by atoms with Crippen molar-refractivity contribution in [2.75, 3.05) is 0 Å². The van der Waals surface area contributed by atoms with Gasteiger partial charge in [0.05, 0.1) is 0 Å². The molecule has 2 fully saturated rings. The molecule has 1 nitrogen and oxygen atoms in total. The number of ketones is 1. The van der Waals surface area contributed by atoms with Gasteiger partial charge in [0.15, 0.2) is 5.78 Å². The summed E-state index contributed by atoms with van der Waals surface area (Å²) < 4.78 is 0. The molecule has 2 bridgehead atoms. The highest BCUT2D eigenvalue weighted by atomic mass is 16.1. The molecule has 0 aromatic rings. The van der Waals surface area contributed by atoms with Crippen LogP contribution in [0, 0.1) is 17.8 Å². The maximum Gasteiger partial charge on any atom is 0.155 e. The molecule has 2 saturated carbocycles. The fourth-order valence-electron chi connectivity index (χ4n) is 3.27. The Bertz CT molecular complexity index is 260. The second-order valence-electron chi connectivity index (χ2n) is 5.33. The fourth-order valence-corrected chi connectivity index (χ4v) is 3.27. The molecule has 2 aliphatic rings. The minimum absolute atomic E-state index is 0.350. The van der Waals surface area contributed by atoms with Gasteiger partial charge >= 0.3 is 0 Å². The van der Waals surface area contributed by atoms with Crippen LogP contribution in [0.1, 0.15) is 46.0 Å². The molecular formula is C13H20O. The Morgan fingerprint density at radius 3 is 2.57 bits per heavy atom. The Hall–Kier alpha value is -0.590. The maximum atomic E-state index is 11.6. The van der Waals surface area contributed by atoms with Crippen molar-refractivity contribution < 1.29 is 4.79 Å². The lowest BCUT2D eigenvalue weighted by molar-refractivity contribution is -0.115. The number of hydrogen-bond donors (Lipinski definition) is 0. The lowest BCUT2D eigenvalue weighted by Crippen LogP contribution is -2.14. The van der Waals surface area contributed by atoms with Crippen LogP contribution in [0.2, 0.25) is 0 Å². The van der Waals surface area contributed by atoms with Gasteiger partial charge in [-0.3, -0.25) is 4.79 Å². The summed E-state index contributed by atoms with van der Waals surface area (Å²) in [4.78, 5) is 11.6. The number of hydrogen-bond acceptors (Lipinski definition) is 1. The van der Waals surface area contributed by atoms with Gasteiger partial charge in [-0.25, -0.2) is 0 Å². The predicted molar refractivity (Wildman–Crippen MR) is 58.0 cm³/mol. The van der Waals surface area contributed by atoms with Crippen LogP contribution in [-0.2, 0) is 4.79 Å². The molecule has 0 amide bonds. The summed E-state index contributed by atoms with van der Waals surface area (Å²) in [5.41, 5.74) is 1.14. The van der Waals surface area contributed by atoms with E-state index in [-0.39, 0.29) is 0 Å². The van der Waals surface area contributed by atoms with E-state index in [0.29, 0.717) is 5.78 Å². The van der Waals surface area contributed by atoms with E-state index < -0.39 is 0 Å². The van der Waals surface area contributed by atoms with Gasteiger partial charge in [0.2, 0.25) is 0 Å². The Labute approximate surface area is 86.6 Å². The van der Waals surface area contributed by atoms with Gasteiger partial charge in [-0.1, -0.05) is 12.0 Å². The van der Waals surface area contributed by atoms with E-state index in [9.17, 15) is 4.79 Å². The quantitative estimate of drug-likeness (QED) is 0.627. The van der Waals surface area contributed by atoms with E-state index in [1.54, 1.807) is 0 Å². The summed E-state index contributed by atoms with van der Waals surface area (Å²) in [5.74, 6) is 2.92. The zero-order valence-corrected chi connectivity index (χ0v) is 9.25. The first kappa shape index (κ1) is 9.95. The average Bonchev–Trinajstić information content (AvgIpc) is 2.62. The number of carbonyl (C=O) groups excluding carboxylic acids is 1. The minimum Gasteiger partial charge on any atom is -0.295 e. The van der Waals surface area contributed by atoms with E-state index in [1.165, 1.54) is 25.7 Å². The highest BCUT2D eigenvalue weighted by Gasteiger charge is 2.39. The summed E-state index contributed by atoms with van der Waals surface area (Å²) in [7, 11) is 0. The molecule has 3 unspecified atom stereocenters. The molecule has 0 aromatic carbocycles. The molecule has 3 atom stereocenters. The summed E-state index contributed by atoms with van der Waals surface area (Å²) >= 11 is 0. The molecule has 14 heavy (non-hydrogen) atoms. The molecule has 0 radical (unpaired) electrons. The third kappa shape index (κ3) is 2.08. The second-order valence-corrected chi connectivity index (χ2v) is 5.33. The minimum atomic E-state index is 0.350. The smallest absolute Gasteiger partial charge is 0.155 e. The van der Waals surface area contributed by atoms with Gasteiger partial charge < -0.3 is 0 Å². The third-order valence-electron chi connectivity index (χ3n) is 3.80. The maximum absolute atomic E-state index is 11.6. The van der Waals surface area contributed by atoms with Crippen LogP contribution < -0.4 is 0 Å². The monoisotopic (exact) mass is 192 g/mol. The molecule has 0 aliphatic heterocycles. The summed E-state index contributed by atoms with van der Waals surface area (Å²) in [6.45, 7) is 4.00. The molecule has 2 rings (SSSR count). The third-order valence-corrected chi connectivity index (χ3v) is 3.80. The van der Waals surface area contributed by atoms with E-state index in [2.05, 4.69) is 0 Å². The van der Waals surface area contributed by atoms with Crippen molar-refractivity contribution in [3.63, 3.8) is 0 Å². The van der Waals surface area contributed by atoms with Gasteiger partial charge in [-0.05, 0) is 56.9 Å². The van der Waals surface area contributed by atoms with Crippen molar-refractivity contribution in [3.8, 4) is 0 Å². The number of allylic oxidation sites excluding steroid dienone is 2. The number of fused-ring (bicyclic) bond motifs is 2. The van der Waals surface area contributed by atoms with E-state index in [0.717, 1.165) is 29.7 Å². The zero-order chi connectivity index (χ0) is 10.1. The molecule has 0 N–H and O–H groups in total. The van der Waals surface area contributed by atoms with Crippen molar-refractivity contribution >= 4 is 5.78 Å². The highest BCUT2D eigenvalue weighted by Crippen LogP contribution is 2.49. The van der Waals surface area contributed by atoms with Crippen LogP contribution in [0.3, 0.4) is 0 Å². The SMILES string of the molecule is CC(C)=CC(=O)CC1CC2CCC1C2. The summed E-state index contributed by atoms with van der Waals surface area (Å²) in [5, 5.41) is 0. The summed E-state index contributed by atoms with van der Waals surface area (Å²) in [6.07, 6.45) is 8.17. The lowest BCUT2D eigenvalue weighted by atomic mass is 9.85.